The predicted molar refractivity (Wildman–Crippen MR) is 80.5 cm³/mol. The van der Waals surface area contributed by atoms with Gasteiger partial charge in [-0.25, -0.2) is 9.67 Å². The lowest BCUT2D eigenvalue weighted by molar-refractivity contribution is 0.789. The molecule has 3 rings (SSSR count). The number of anilines is 2. The van der Waals surface area contributed by atoms with Crippen molar-refractivity contribution in [3.05, 3.63) is 40.8 Å². The third-order valence-corrected chi connectivity index (χ3v) is 3.37. The Kier molecular flexibility index (Phi) is 3.06. The van der Waals surface area contributed by atoms with Gasteiger partial charge in [-0.05, 0) is 37.1 Å². The van der Waals surface area contributed by atoms with E-state index in [0.29, 0.717) is 5.65 Å². The molecular weight excluding hydrogens is 274 g/mol. The summed E-state index contributed by atoms with van der Waals surface area (Å²) in [6, 6.07) is 6.23. The van der Waals surface area contributed by atoms with Crippen molar-refractivity contribution in [2.75, 3.05) is 5.32 Å². The standard InChI is InChI=1S/C14H14ClN5/c1-8-4-5-11(9(2)6-8)17-12-10-7-16-14(15)18-13(10)20(3)19-12/h4-7H,1-3H3,(H,17,19). The number of hydrogen-bond acceptors (Lipinski definition) is 4. The van der Waals surface area contributed by atoms with Crippen LogP contribution in [0.15, 0.2) is 24.4 Å². The Hall–Kier alpha value is -2.14. The van der Waals surface area contributed by atoms with E-state index >= 15 is 0 Å². The van der Waals surface area contributed by atoms with E-state index in [0.717, 1.165) is 16.9 Å². The first-order valence-corrected chi connectivity index (χ1v) is 6.62. The minimum atomic E-state index is 0.221. The van der Waals surface area contributed by atoms with Gasteiger partial charge in [-0.15, -0.1) is 0 Å². The zero-order valence-electron chi connectivity index (χ0n) is 11.5. The molecule has 0 saturated heterocycles. The molecule has 0 bridgehead atoms. The molecule has 0 fully saturated rings. The summed E-state index contributed by atoms with van der Waals surface area (Å²) in [6.45, 7) is 4.14. The zero-order valence-corrected chi connectivity index (χ0v) is 12.2. The van der Waals surface area contributed by atoms with E-state index < -0.39 is 0 Å². The van der Waals surface area contributed by atoms with Gasteiger partial charge in [-0.3, -0.25) is 0 Å². The van der Waals surface area contributed by atoms with E-state index in [-0.39, 0.29) is 5.28 Å². The summed E-state index contributed by atoms with van der Waals surface area (Å²) >= 11 is 5.82. The van der Waals surface area contributed by atoms with E-state index in [9.17, 15) is 0 Å². The highest BCUT2D eigenvalue weighted by molar-refractivity contribution is 6.28. The smallest absolute Gasteiger partial charge is 0.224 e. The summed E-state index contributed by atoms with van der Waals surface area (Å²) in [5.41, 5.74) is 4.12. The average Bonchev–Trinajstić information content (AvgIpc) is 2.69. The maximum absolute atomic E-state index is 5.82. The van der Waals surface area contributed by atoms with Crippen LogP contribution in [-0.2, 0) is 7.05 Å². The maximum Gasteiger partial charge on any atom is 0.224 e. The molecule has 6 heteroatoms. The second-order valence-corrected chi connectivity index (χ2v) is 5.13. The van der Waals surface area contributed by atoms with Gasteiger partial charge in [-0.1, -0.05) is 17.7 Å². The lowest BCUT2D eigenvalue weighted by Gasteiger charge is -2.08. The maximum atomic E-state index is 5.82. The van der Waals surface area contributed by atoms with Crippen LogP contribution >= 0.6 is 11.6 Å². The predicted octanol–water partition coefficient (Wildman–Crippen LogP) is 3.38. The molecule has 0 unspecified atom stereocenters. The minimum Gasteiger partial charge on any atom is -0.338 e. The lowest BCUT2D eigenvalue weighted by atomic mass is 10.1. The van der Waals surface area contributed by atoms with Gasteiger partial charge in [0.15, 0.2) is 11.5 Å². The fraction of sp³-hybridized carbons (Fsp3) is 0.214. The van der Waals surface area contributed by atoms with Crippen LogP contribution in [0.2, 0.25) is 5.28 Å². The Labute approximate surface area is 121 Å². The first kappa shape index (κ1) is 12.9. The molecular formula is C14H14ClN5. The van der Waals surface area contributed by atoms with Crippen molar-refractivity contribution in [1.29, 1.82) is 0 Å². The van der Waals surface area contributed by atoms with Crippen LogP contribution in [0.25, 0.3) is 11.0 Å². The Morgan fingerprint density at radius 2 is 2.05 bits per heavy atom. The Morgan fingerprint density at radius 3 is 2.80 bits per heavy atom. The van der Waals surface area contributed by atoms with Crippen LogP contribution in [0.5, 0.6) is 0 Å². The van der Waals surface area contributed by atoms with Gasteiger partial charge in [-0.2, -0.15) is 10.1 Å². The molecule has 3 aromatic rings. The quantitative estimate of drug-likeness (QED) is 0.734. The van der Waals surface area contributed by atoms with Gasteiger partial charge in [0.25, 0.3) is 0 Å². The molecule has 0 aliphatic rings. The highest BCUT2D eigenvalue weighted by Gasteiger charge is 2.12. The Bertz CT molecular complexity index is 794. The van der Waals surface area contributed by atoms with Crippen molar-refractivity contribution in [3.8, 4) is 0 Å². The Balaban J connectivity index is 2.07. The molecule has 2 aromatic heterocycles. The van der Waals surface area contributed by atoms with Crippen molar-refractivity contribution in [1.82, 2.24) is 19.7 Å². The second kappa shape index (κ2) is 4.76. The van der Waals surface area contributed by atoms with E-state index in [2.05, 4.69) is 46.4 Å². The monoisotopic (exact) mass is 287 g/mol. The molecule has 0 spiro atoms. The summed E-state index contributed by atoms with van der Waals surface area (Å²) in [5, 5.41) is 8.83. The average molecular weight is 288 g/mol. The van der Waals surface area contributed by atoms with Gasteiger partial charge in [0, 0.05) is 18.9 Å². The summed E-state index contributed by atoms with van der Waals surface area (Å²) in [5.74, 6) is 0.728. The summed E-state index contributed by atoms with van der Waals surface area (Å²) in [7, 11) is 1.83. The molecule has 20 heavy (non-hydrogen) atoms. The summed E-state index contributed by atoms with van der Waals surface area (Å²) in [4.78, 5) is 8.21. The molecule has 0 aliphatic carbocycles. The van der Waals surface area contributed by atoms with Crippen LogP contribution in [0.3, 0.4) is 0 Å². The number of aryl methyl sites for hydroxylation is 3. The second-order valence-electron chi connectivity index (χ2n) is 4.79. The van der Waals surface area contributed by atoms with Crippen LogP contribution in [0.1, 0.15) is 11.1 Å². The molecule has 0 atom stereocenters. The van der Waals surface area contributed by atoms with E-state index in [4.69, 9.17) is 11.6 Å². The number of nitrogens with zero attached hydrogens (tertiary/aromatic N) is 4. The van der Waals surface area contributed by atoms with Crippen molar-refractivity contribution in [2.45, 2.75) is 13.8 Å². The summed E-state index contributed by atoms with van der Waals surface area (Å²) < 4.78 is 1.69. The van der Waals surface area contributed by atoms with Crippen molar-refractivity contribution < 1.29 is 0 Å². The van der Waals surface area contributed by atoms with Crippen LogP contribution in [-0.4, -0.2) is 19.7 Å². The first-order chi connectivity index (χ1) is 9.54. The Morgan fingerprint density at radius 1 is 1.25 bits per heavy atom. The number of halogens is 1. The highest BCUT2D eigenvalue weighted by Crippen LogP contribution is 2.26. The molecule has 2 heterocycles. The van der Waals surface area contributed by atoms with Gasteiger partial charge < -0.3 is 5.32 Å². The SMILES string of the molecule is Cc1ccc(Nc2nn(C)c3nc(Cl)ncc23)c(C)c1. The third kappa shape index (κ3) is 2.20. The van der Waals surface area contributed by atoms with Gasteiger partial charge in [0.2, 0.25) is 5.28 Å². The summed E-state index contributed by atoms with van der Waals surface area (Å²) in [6.07, 6.45) is 1.68. The molecule has 0 saturated carbocycles. The number of nitrogens with one attached hydrogen (secondary N) is 1. The molecule has 1 aromatic carbocycles. The number of fused-ring (bicyclic) bond motifs is 1. The van der Waals surface area contributed by atoms with Crippen molar-refractivity contribution in [2.24, 2.45) is 7.05 Å². The van der Waals surface area contributed by atoms with Gasteiger partial charge in [0.1, 0.15) is 0 Å². The molecule has 1 N–H and O–H groups in total. The van der Waals surface area contributed by atoms with E-state index in [1.165, 1.54) is 11.1 Å². The zero-order chi connectivity index (χ0) is 14.3. The normalized spacial score (nSPS) is 11.0. The number of hydrogen-bond donors (Lipinski definition) is 1. The van der Waals surface area contributed by atoms with Gasteiger partial charge >= 0.3 is 0 Å². The fourth-order valence-corrected chi connectivity index (χ4v) is 2.32. The highest BCUT2D eigenvalue weighted by atomic mass is 35.5. The molecule has 102 valence electrons. The largest absolute Gasteiger partial charge is 0.338 e. The van der Waals surface area contributed by atoms with Crippen LogP contribution < -0.4 is 5.32 Å². The van der Waals surface area contributed by atoms with E-state index in [1.807, 2.05) is 13.1 Å². The fourth-order valence-electron chi connectivity index (χ4n) is 2.19. The number of aromatic nitrogens is 4. The molecule has 0 amide bonds. The molecule has 0 aliphatic heterocycles. The third-order valence-electron chi connectivity index (χ3n) is 3.19. The molecule has 0 radical (unpaired) electrons. The van der Waals surface area contributed by atoms with Gasteiger partial charge in [0.05, 0.1) is 5.39 Å². The first-order valence-electron chi connectivity index (χ1n) is 6.24. The number of rotatable bonds is 2. The lowest BCUT2D eigenvalue weighted by Crippen LogP contribution is -1.96. The van der Waals surface area contributed by atoms with Crippen molar-refractivity contribution >= 4 is 34.1 Å². The van der Waals surface area contributed by atoms with Crippen LogP contribution in [0, 0.1) is 13.8 Å². The topological polar surface area (TPSA) is 55.6 Å². The molecule has 5 nitrogen and oxygen atoms in total. The minimum absolute atomic E-state index is 0.221. The van der Waals surface area contributed by atoms with E-state index in [1.54, 1.807) is 10.9 Å². The van der Waals surface area contributed by atoms with Crippen LogP contribution in [0.4, 0.5) is 11.5 Å². The van der Waals surface area contributed by atoms with Crippen molar-refractivity contribution in [3.63, 3.8) is 0 Å². The number of benzene rings is 1.